The Morgan fingerprint density at radius 1 is 1.75 bits per heavy atom. The molecule has 0 aromatic rings. The Bertz CT molecular complexity index is 135. The monoisotopic (exact) mass is 117 g/mol. The minimum Gasteiger partial charge on any atom is -0.509 e. The summed E-state index contributed by atoms with van der Waals surface area (Å²) in [6.45, 7) is 4.26. The third-order valence-corrected chi connectivity index (χ3v) is 0.600. The lowest BCUT2D eigenvalue weighted by atomic mass is 10.4. The first-order valence-corrected chi connectivity index (χ1v) is 2.05. The van der Waals surface area contributed by atoms with Crippen molar-refractivity contribution in [3.8, 4) is 0 Å². The Kier molecular flexibility index (Phi) is 2.06. The molecule has 0 aliphatic heterocycles. The standard InChI is InChI=1S/C5H8FNO/c1-3(7)5(6)4(2)8/h8H,1,7H2,2H3/b5-4+. The van der Waals surface area contributed by atoms with Crippen molar-refractivity contribution in [2.45, 2.75) is 6.92 Å². The Morgan fingerprint density at radius 2 is 2.12 bits per heavy atom. The van der Waals surface area contributed by atoms with E-state index in [0.717, 1.165) is 0 Å². The van der Waals surface area contributed by atoms with Gasteiger partial charge in [0, 0.05) is 0 Å². The van der Waals surface area contributed by atoms with E-state index in [1.165, 1.54) is 6.92 Å². The van der Waals surface area contributed by atoms with Crippen molar-refractivity contribution in [1.82, 2.24) is 0 Å². The average molecular weight is 117 g/mol. The van der Waals surface area contributed by atoms with Gasteiger partial charge < -0.3 is 10.8 Å². The van der Waals surface area contributed by atoms with E-state index in [2.05, 4.69) is 6.58 Å². The molecule has 0 radical (unpaired) electrons. The summed E-state index contributed by atoms with van der Waals surface area (Å²) in [5.41, 5.74) is 4.60. The number of halogens is 1. The molecule has 3 heteroatoms. The molecule has 0 saturated heterocycles. The van der Waals surface area contributed by atoms with Crippen LogP contribution in [0.4, 0.5) is 4.39 Å². The second-order valence-electron chi connectivity index (χ2n) is 1.42. The molecule has 2 nitrogen and oxygen atoms in total. The largest absolute Gasteiger partial charge is 0.509 e. The minimum atomic E-state index is -0.843. The molecule has 0 aliphatic carbocycles. The van der Waals surface area contributed by atoms with Crippen molar-refractivity contribution < 1.29 is 9.50 Å². The molecule has 0 atom stereocenters. The SMILES string of the molecule is C=C(N)/C(F)=C(/C)O. The van der Waals surface area contributed by atoms with E-state index in [9.17, 15) is 4.39 Å². The summed E-state index contributed by atoms with van der Waals surface area (Å²) in [7, 11) is 0. The maximum absolute atomic E-state index is 12.1. The van der Waals surface area contributed by atoms with Gasteiger partial charge in [0.25, 0.3) is 0 Å². The first-order valence-electron chi connectivity index (χ1n) is 2.05. The summed E-state index contributed by atoms with van der Waals surface area (Å²) in [6, 6.07) is 0. The lowest BCUT2D eigenvalue weighted by Gasteiger charge is -1.93. The van der Waals surface area contributed by atoms with E-state index in [1.807, 2.05) is 0 Å². The van der Waals surface area contributed by atoms with Crippen molar-refractivity contribution in [3.63, 3.8) is 0 Å². The average Bonchev–Trinajstić information content (AvgIpc) is 1.64. The highest BCUT2D eigenvalue weighted by Crippen LogP contribution is 2.06. The van der Waals surface area contributed by atoms with E-state index in [4.69, 9.17) is 10.8 Å². The maximum Gasteiger partial charge on any atom is 0.182 e. The molecule has 0 heterocycles. The van der Waals surface area contributed by atoms with Crippen LogP contribution < -0.4 is 5.73 Å². The lowest BCUT2D eigenvalue weighted by Crippen LogP contribution is -1.96. The van der Waals surface area contributed by atoms with Gasteiger partial charge in [0.15, 0.2) is 5.83 Å². The third-order valence-electron chi connectivity index (χ3n) is 0.600. The predicted octanol–water partition coefficient (Wildman–Crippen LogP) is 1.22. The van der Waals surface area contributed by atoms with Gasteiger partial charge in [0.1, 0.15) is 5.76 Å². The Hall–Kier alpha value is -0.990. The van der Waals surface area contributed by atoms with Gasteiger partial charge in [0.2, 0.25) is 0 Å². The van der Waals surface area contributed by atoms with Crippen LogP contribution in [0.2, 0.25) is 0 Å². The van der Waals surface area contributed by atoms with Crippen LogP contribution in [0.3, 0.4) is 0 Å². The zero-order valence-electron chi connectivity index (χ0n) is 4.61. The maximum atomic E-state index is 12.1. The molecule has 0 spiro atoms. The normalized spacial score (nSPS) is 12.8. The molecule has 8 heavy (non-hydrogen) atoms. The van der Waals surface area contributed by atoms with Crippen LogP contribution >= 0.6 is 0 Å². The van der Waals surface area contributed by atoms with E-state index in [-0.39, 0.29) is 5.70 Å². The van der Waals surface area contributed by atoms with Crippen LogP contribution in [0.25, 0.3) is 0 Å². The van der Waals surface area contributed by atoms with Crippen molar-refractivity contribution >= 4 is 0 Å². The quantitative estimate of drug-likeness (QED) is 0.400. The molecule has 0 aromatic carbocycles. The van der Waals surface area contributed by atoms with Crippen LogP contribution in [0.1, 0.15) is 6.92 Å². The van der Waals surface area contributed by atoms with E-state index >= 15 is 0 Å². The van der Waals surface area contributed by atoms with Gasteiger partial charge in [-0.3, -0.25) is 0 Å². The van der Waals surface area contributed by atoms with Crippen molar-refractivity contribution in [1.29, 1.82) is 0 Å². The minimum absolute atomic E-state index is 0.245. The summed E-state index contributed by atoms with van der Waals surface area (Å²) in [4.78, 5) is 0. The van der Waals surface area contributed by atoms with Crippen LogP contribution in [-0.4, -0.2) is 5.11 Å². The highest BCUT2D eigenvalue weighted by Gasteiger charge is 1.98. The molecular formula is C5H8FNO. The molecule has 0 amide bonds. The molecule has 0 unspecified atom stereocenters. The summed E-state index contributed by atoms with van der Waals surface area (Å²) < 4.78 is 12.1. The van der Waals surface area contributed by atoms with Crippen molar-refractivity contribution in [2.24, 2.45) is 5.73 Å². The van der Waals surface area contributed by atoms with E-state index in [0.29, 0.717) is 0 Å². The Labute approximate surface area is 47.1 Å². The fraction of sp³-hybridized carbons (Fsp3) is 0.200. The highest BCUT2D eigenvalue weighted by molar-refractivity contribution is 5.19. The molecular weight excluding hydrogens is 109 g/mol. The first kappa shape index (κ1) is 7.01. The summed E-state index contributed by atoms with van der Waals surface area (Å²) in [5, 5.41) is 8.36. The van der Waals surface area contributed by atoms with Gasteiger partial charge in [-0.2, -0.15) is 0 Å². The topological polar surface area (TPSA) is 46.2 Å². The predicted molar refractivity (Wildman–Crippen MR) is 29.8 cm³/mol. The number of hydrogen-bond acceptors (Lipinski definition) is 2. The number of aliphatic hydroxyl groups excluding tert-OH is 1. The second-order valence-corrected chi connectivity index (χ2v) is 1.42. The molecule has 0 fully saturated rings. The molecule has 0 bridgehead atoms. The van der Waals surface area contributed by atoms with Crippen molar-refractivity contribution in [3.05, 3.63) is 23.9 Å². The number of nitrogens with two attached hydrogens (primary N) is 1. The fourth-order valence-corrected chi connectivity index (χ4v) is 0.232. The molecule has 0 rings (SSSR count). The van der Waals surface area contributed by atoms with Gasteiger partial charge in [-0.25, -0.2) is 4.39 Å². The fourth-order valence-electron chi connectivity index (χ4n) is 0.232. The Morgan fingerprint density at radius 3 is 2.12 bits per heavy atom. The van der Waals surface area contributed by atoms with Gasteiger partial charge in [-0.05, 0) is 6.92 Å². The summed E-state index contributed by atoms with van der Waals surface area (Å²) >= 11 is 0. The number of rotatable bonds is 1. The van der Waals surface area contributed by atoms with Crippen molar-refractivity contribution in [2.75, 3.05) is 0 Å². The molecule has 0 saturated carbocycles. The number of allylic oxidation sites excluding steroid dienone is 2. The second kappa shape index (κ2) is 2.35. The Balaban J connectivity index is 4.23. The summed E-state index contributed by atoms with van der Waals surface area (Å²) in [5.74, 6) is -1.28. The van der Waals surface area contributed by atoms with Gasteiger partial charge >= 0.3 is 0 Å². The van der Waals surface area contributed by atoms with Crippen LogP contribution in [0.15, 0.2) is 23.9 Å². The van der Waals surface area contributed by atoms with Crippen LogP contribution in [-0.2, 0) is 0 Å². The first-order chi connectivity index (χ1) is 3.55. The van der Waals surface area contributed by atoms with E-state index in [1.54, 1.807) is 0 Å². The zero-order chi connectivity index (χ0) is 6.73. The third kappa shape index (κ3) is 1.64. The summed E-state index contributed by atoms with van der Waals surface area (Å²) in [6.07, 6.45) is 0. The van der Waals surface area contributed by atoms with Gasteiger partial charge in [-0.15, -0.1) is 0 Å². The van der Waals surface area contributed by atoms with E-state index < -0.39 is 11.6 Å². The zero-order valence-corrected chi connectivity index (χ0v) is 4.61. The number of hydrogen-bond donors (Lipinski definition) is 2. The van der Waals surface area contributed by atoms with Gasteiger partial charge in [-0.1, -0.05) is 6.58 Å². The molecule has 3 N–H and O–H groups in total. The van der Waals surface area contributed by atoms with Crippen LogP contribution in [0, 0.1) is 0 Å². The van der Waals surface area contributed by atoms with Crippen LogP contribution in [0.5, 0.6) is 0 Å². The lowest BCUT2D eigenvalue weighted by molar-refractivity contribution is 0.386. The smallest absolute Gasteiger partial charge is 0.182 e. The molecule has 0 aliphatic rings. The number of aliphatic hydroxyl groups is 1. The highest BCUT2D eigenvalue weighted by atomic mass is 19.1. The molecule has 46 valence electrons. The molecule has 0 aromatic heterocycles. The van der Waals surface area contributed by atoms with Gasteiger partial charge in [0.05, 0.1) is 5.70 Å².